The van der Waals surface area contributed by atoms with Crippen molar-refractivity contribution in [2.75, 3.05) is 10.8 Å². The van der Waals surface area contributed by atoms with Crippen molar-refractivity contribution in [1.29, 1.82) is 0 Å². The van der Waals surface area contributed by atoms with Gasteiger partial charge in [0.15, 0.2) is 0 Å². The maximum atomic E-state index is 14.2. The Balaban J connectivity index is 1.71. The van der Waals surface area contributed by atoms with Crippen LogP contribution in [-0.2, 0) is 26.2 Å². The highest BCUT2D eigenvalue weighted by Crippen LogP contribution is 2.28. The normalized spacial score (nSPS) is 11.9. The van der Waals surface area contributed by atoms with Gasteiger partial charge in [0.2, 0.25) is 11.8 Å². The van der Waals surface area contributed by atoms with Gasteiger partial charge in [0.05, 0.1) is 10.6 Å². The number of hydrogen-bond acceptors (Lipinski definition) is 5. The average molecular weight is 614 g/mol. The van der Waals surface area contributed by atoms with Crippen LogP contribution in [0.2, 0.25) is 0 Å². The van der Waals surface area contributed by atoms with Crippen LogP contribution in [0, 0.1) is 6.92 Å². The summed E-state index contributed by atoms with van der Waals surface area (Å²) in [5, 5.41) is 2.91. The summed E-state index contributed by atoms with van der Waals surface area (Å²) in [7, 11) is -4.16. The molecule has 4 aromatic carbocycles. The van der Waals surface area contributed by atoms with Crippen LogP contribution in [0.15, 0.2) is 114 Å². The van der Waals surface area contributed by atoms with Crippen molar-refractivity contribution in [1.82, 2.24) is 10.2 Å². The molecule has 0 fully saturated rings. The van der Waals surface area contributed by atoms with Crippen molar-refractivity contribution < 1.29 is 22.7 Å². The molecule has 0 heterocycles. The summed E-state index contributed by atoms with van der Waals surface area (Å²) in [5.74, 6) is 0.366. The average Bonchev–Trinajstić information content (AvgIpc) is 3.01. The van der Waals surface area contributed by atoms with E-state index < -0.39 is 28.5 Å². The first-order chi connectivity index (χ1) is 21.1. The molecule has 4 rings (SSSR count). The molecule has 0 aliphatic heterocycles. The zero-order valence-electron chi connectivity index (χ0n) is 25.5. The number of sulfonamides is 1. The molecule has 0 radical (unpaired) electrons. The van der Waals surface area contributed by atoms with E-state index in [1.165, 1.54) is 17.0 Å². The standard InChI is InChI=1S/C35H39N3O5S/c1-5-33(35(40)36-26(2)3)37(24-28-18-16-27(4)17-19-28)34(39)25-38(44(41,42)32-14-10-7-11-15-32)29-20-22-31(23-21-29)43-30-12-8-6-9-13-30/h6-23,26,33H,5,24-25H2,1-4H3,(H,36,40)/t33-/m0/s1. The lowest BCUT2D eigenvalue weighted by molar-refractivity contribution is -0.140. The Labute approximate surface area is 260 Å². The summed E-state index contributed by atoms with van der Waals surface area (Å²) in [6, 6.07) is 30.6. The molecule has 1 atom stereocenters. The zero-order valence-corrected chi connectivity index (χ0v) is 26.3. The van der Waals surface area contributed by atoms with E-state index in [9.17, 15) is 18.0 Å². The molecule has 0 spiro atoms. The fraction of sp³-hybridized carbons (Fsp3) is 0.257. The van der Waals surface area contributed by atoms with Crippen molar-refractivity contribution in [2.45, 2.75) is 57.6 Å². The Morgan fingerprint density at radius 1 is 0.795 bits per heavy atom. The molecule has 0 aromatic heterocycles. The van der Waals surface area contributed by atoms with Crippen LogP contribution in [0.1, 0.15) is 38.3 Å². The molecule has 0 aliphatic rings. The van der Waals surface area contributed by atoms with E-state index in [1.54, 1.807) is 42.5 Å². The second-order valence-corrected chi connectivity index (χ2v) is 12.7. The van der Waals surface area contributed by atoms with Gasteiger partial charge in [-0.15, -0.1) is 0 Å². The third-order valence-electron chi connectivity index (χ3n) is 7.00. The van der Waals surface area contributed by atoms with E-state index in [2.05, 4.69) is 5.32 Å². The van der Waals surface area contributed by atoms with Gasteiger partial charge in [-0.2, -0.15) is 0 Å². The summed E-state index contributed by atoms with van der Waals surface area (Å²) >= 11 is 0. The smallest absolute Gasteiger partial charge is 0.264 e. The second-order valence-electron chi connectivity index (χ2n) is 10.8. The van der Waals surface area contributed by atoms with Gasteiger partial charge in [-0.05, 0) is 81.3 Å². The van der Waals surface area contributed by atoms with Crippen LogP contribution >= 0.6 is 0 Å². The summed E-state index contributed by atoms with van der Waals surface area (Å²) in [6.45, 7) is 7.16. The minimum Gasteiger partial charge on any atom is -0.457 e. The minimum atomic E-state index is -4.16. The maximum absolute atomic E-state index is 14.2. The molecule has 44 heavy (non-hydrogen) atoms. The summed E-state index contributed by atoms with van der Waals surface area (Å²) < 4.78 is 35.0. The van der Waals surface area contributed by atoms with E-state index in [1.807, 2.05) is 82.3 Å². The molecular weight excluding hydrogens is 574 g/mol. The second kappa shape index (κ2) is 14.7. The van der Waals surface area contributed by atoms with Gasteiger partial charge in [-0.3, -0.25) is 13.9 Å². The van der Waals surface area contributed by atoms with E-state index >= 15 is 0 Å². The maximum Gasteiger partial charge on any atom is 0.264 e. The number of anilines is 1. The van der Waals surface area contributed by atoms with E-state index in [0.717, 1.165) is 15.4 Å². The molecule has 0 saturated heterocycles. The Kier molecular flexibility index (Phi) is 10.8. The fourth-order valence-electron chi connectivity index (χ4n) is 4.74. The van der Waals surface area contributed by atoms with Gasteiger partial charge in [-0.1, -0.05) is 73.2 Å². The lowest BCUT2D eigenvalue weighted by atomic mass is 10.1. The number of nitrogens with one attached hydrogen (secondary N) is 1. The summed E-state index contributed by atoms with van der Waals surface area (Å²) in [5.41, 5.74) is 2.19. The lowest BCUT2D eigenvalue weighted by Crippen LogP contribution is -2.53. The molecule has 9 heteroatoms. The third-order valence-corrected chi connectivity index (χ3v) is 8.79. The fourth-order valence-corrected chi connectivity index (χ4v) is 6.18. The number of benzene rings is 4. The predicted molar refractivity (Wildman–Crippen MR) is 173 cm³/mol. The first kappa shape index (κ1) is 32.3. The van der Waals surface area contributed by atoms with Crippen molar-refractivity contribution >= 4 is 27.5 Å². The number of carbonyl (C=O) groups is 2. The number of para-hydroxylation sites is 1. The Hall–Kier alpha value is -4.63. The van der Waals surface area contributed by atoms with Crippen LogP contribution in [0.4, 0.5) is 5.69 Å². The number of ether oxygens (including phenoxy) is 1. The minimum absolute atomic E-state index is 0.0482. The molecule has 0 unspecified atom stereocenters. The van der Waals surface area contributed by atoms with Crippen molar-refractivity contribution in [2.24, 2.45) is 0 Å². The first-order valence-corrected chi connectivity index (χ1v) is 16.1. The topological polar surface area (TPSA) is 96.0 Å². The Morgan fingerprint density at radius 3 is 1.93 bits per heavy atom. The molecule has 0 aliphatic carbocycles. The SMILES string of the molecule is CC[C@@H](C(=O)NC(C)C)N(Cc1ccc(C)cc1)C(=O)CN(c1ccc(Oc2ccccc2)cc1)S(=O)(=O)c1ccccc1. The molecule has 8 nitrogen and oxygen atoms in total. The van der Waals surface area contributed by atoms with Gasteiger partial charge in [0.1, 0.15) is 24.1 Å². The van der Waals surface area contributed by atoms with E-state index in [4.69, 9.17) is 4.74 Å². The van der Waals surface area contributed by atoms with Crippen molar-refractivity contribution in [3.8, 4) is 11.5 Å². The number of rotatable bonds is 13. The quantitative estimate of drug-likeness (QED) is 0.191. The van der Waals surface area contributed by atoms with Gasteiger partial charge in [0.25, 0.3) is 10.0 Å². The number of carbonyl (C=O) groups excluding carboxylic acids is 2. The van der Waals surface area contributed by atoms with Crippen molar-refractivity contribution in [3.05, 3.63) is 120 Å². The Morgan fingerprint density at radius 2 is 1.36 bits per heavy atom. The third kappa shape index (κ3) is 8.26. The van der Waals surface area contributed by atoms with E-state index in [-0.39, 0.29) is 29.1 Å². The highest BCUT2D eigenvalue weighted by Gasteiger charge is 2.33. The number of hydrogen-bond donors (Lipinski definition) is 1. The van der Waals surface area contributed by atoms with E-state index in [0.29, 0.717) is 17.9 Å². The zero-order chi connectivity index (χ0) is 31.7. The highest BCUT2D eigenvalue weighted by molar-refractivity contribution is 7.92. The van der Waals surface area contributed by atoms with Gasteiger partial charge in [0, 0.05) is 12.6 Å². The lowest BCUT2D eigenvalue weighted by Gasteiger charge is -2.33. The molecule has 0 bridgehead atoms. The van der Waals surface area contributed by atoms with Crippen LogP contribution in [0.5, 0.6) is 11.5 Å². The molecule has 2 amide bonds. The molecule has 4 aromatic rings. The van der Waals surface area contributed by atoms with Crippen LogP contribution in [0.3, 0.4) is 0 Å². The first-order valence-electron chi connectivity index (χ1n) is 14.6. The molecule has 230 valence electrons. The predicted octanol–water partition coefficient (Wildman–Crippen LogP) is 6.31. The van der Waals surface area contributed by atoms with Crippen LogP contribution in [0.25, 0.3) is 0 Å². The van der Waals surface area contributed by atoms with Crippen LogP contribution in [-0.4, -0.2) is 43.8 Å². The van der Waals surface area contributed by atoms with Gasteiger partial charge >= 0.3 is 0 Å². The van der Waals surface area contributed by atoms with Gasteiger partial charge in [-0.25, -0.2) is 8.42 Å². The number of aryl methyl sites for hydroxylation is 1. The highest BCUT2D eigenvalue weighted by atomic mass is 32.2. The number of nitrogens with zero attached hydrogens (tertiary/aromatic N) is 2. The molecule has 0 saturated carbocycles. The van der Waals surface area contributed by atoms with Crippen LogP contribution < -0.4 is 14.4 Å². The van der Waals surface area contributed by atoms with Crippen molar-refractivity contribution in [3.63, 3.8) is 0 Å². The largest absolute Gasteiger partial charge is 0.457 e. The summed E-state index contributed by atoms with van der Waals surface area (Å²) in [4.78, 5) is 29.0. The Bertz CT molecular complexity index is 1630. The number of amides is 2. The van der Waals surface area contributed by atoms with Gasteiger partial charge < -0.3 is 15.0 Å². The monoisotopic (exact) mass is 613 g/mol. The summed E-state index contributed by atoms with van der Waals surface area (Å²) in [6.07, 6.45) is 0.354. The molecule has 1 N–H and O–H groups in total. The molecular formula is C35H39N3O5S.